The number of nitrogens with zero attached hydrogens (tertiary/aromatic N) is 1. The second-order valence-corrected chi connectivity index (χ2v) is 3.26. The van der Waals surface area contributed by atoms with Crippen LogP contribution in [0.3, 0.4) is 0 Å². The Morgan fingerprint density at radius 2 is 1.87 bits per heavy atom. The molecule has 0 aliphatic rings. The van der Waals surface area contributed by atoms with E-state index in [0.717, 1.165) is 0 Å². The van der Waals surface area contributed by atoms with Gasteiger partial charge >= 0.3 is 0 Å². The largest absolute Gasteiger partial charge is 0.349 e. The van der Waals surface area contributed by atoms with Crippen LogP contribution in [-0.4, -0.2) is 7.05 Å². The predicted molar refractivity (Wildman–Crippen MR) is 59.8 cm³/mol. The van der Waals surface area contributed by atoms with Gasteiger partial charge in [-0.1, -0.05) is 19.2 Å². The molecule has 80 valence electrons. The van der Waals surface area contributed by atoms with E-state index in [0.29, 0.717) is 5.56 Å². The van der Waals surface area contributed by atoms with Gasteiger partial charge in [0.2, 0.25) is 0 Å². The Bertz CT molecular complexity index is 411. The third kappa shape index (κ3) is 1.91. The lowest BCUT2D eigenvalue weighted by atomic mass is 10.1. The van der Waals surface area contributed by atoms with Gasteiger partial charge < -0.3 is 4.90 Å². The zero-order chi connectivity index (χ0) is 11.6. The Balaban J connectivity index is 3.53. The van der Waals surface area contributed by atoms with E-state index in [1.54, 1.807) is 13.1 Å². The van der Waals surface area contributed by atoms with Crippen LogP contribution in [0.1, 0.15) is 11.1 Å². The molecule has 0 aromatic heterocycles. The molecule has 1 rings (SSSR count). The van der Waals surface area contributed by atoms with Crippen molar-refractivity contribution >= 4 is 11.8 Å². The molecule has 0 saturated heterocycles. The molecule has 15 heavy (non-hydrogen) atoms. The van der Waals surface area contributed by atoms with Gasteiger partial charge in [0.15, 0.2) is 11.6 Å². The van der Waals surface area contributed by atoms with Gasteiger partial charge in [-0.3, -0.25) is 0 Å². The minimum absolute atomic E-state index is 0.156. The predicted octanol–water partition coefficient (Wildman–Crippen LogP) is 3.50. The fourth-order valence-corrected chi connectivity index (χ4v) is 1.37. The minimum atomic E-state index is -0.868. The van der Waals surface area contributed by atoms with Crippen molar-refractivity contribution in [2.24, 2.45) is 0 Å². The van der Waals surface area contributed by atoms with Gasteiger partial charge in [0.25, 0.3) is 0 Å². The first-order valence-corrected chi connectivity index (χ1v) is 4.49. The summed E-state index contributed by atoms with van der Waals surface area (Å²) in [5.74, 6) is -1.70. The van der Waals surface area contributed by atoms with Crippen molar-refractivity contribution in [3.63, 3.8) is 0 Å². The van der Waals surface area contributed by atoms with E-state index in [-0.39, 0.29) is 11.3 Å². The quantitative estimate of drug-likeness (QED) is 0.736. The van der Waals surface area contributed by atoms with Crippen molar-refractivity contribution in [1.29, 1.82) is 0 Å². The Labute approximate surface area is 88.3 Å². The summed E-state index contributed by atoms with van der Waals surface area (Å²) in [6.45, 7) is 8.60. The van der Waals surface area contributed by atoms with Crippen molar-refractivity contribution in [3.8, 4) is 0 Å². The smallest absolute Gasteiger partial charge is 0.183 e. The van der Waals surface area contributed by atoms with Gasteiger partial charge in [-0.15, -0.1) is 0 Å². The third-order valence-corrected chi connectivity index (χ3v) is 2.24. The Morgan fingerprint density at radius 3 is 2.33 bits per heavy atom. The lowest BCUT2D eigenvalue weighted by Gasteiger charge is -2.18. The molecule has 0 aliphatic heterocycles. The Morgan fingerprint density at radius 1 is 1.27 bits per heavy atom. The summed E-state index contributed by atoms with van der Waals surface area (Å²) in [6.07, 6.45) is 2.91. The highest BCUT2D eigenvalue weighted by Gasteiger charge is 2.16. The summed E-state index contributed by atoms with van der Waals surface area (Å²) < 4.78 is 27.0. The second-order valence-electron chi connectivity index (χ2n) is 3.26. The molecule has 1 nitrogen and oxygen atoms in total. The zero-order valence-corrected chi connectivity index (χ0v) is 8.85. The van der Waals surface area contributed by atoms with E-state index >= 15 is 0 Å². The van der Waals surface area contributed by atoms with Crippen LogP contribution in [0, 0.1) is 18.6 Å². The molecule has 0 atom stereocenters. The minimum Gasteiger partial charge on any atom is -0.349 e. The number of halogens is 2. The van der Waals surface area contributed by atoms with Crippen molar-refractivity contribution in [2.45, 2.75) is 6.92 Å². The maximum atomic E-state index is 13.6. The standard InChI is InChI=1S/C12H13F2N/c1-5-9-7-8(3)10(13)11(14)12(9)15(4)6-2/h5-7H,1-2H2,3-4H3. The Kier molecular flexibility index (Phi) is 3.24. The number of hydrogen-bond donors (Lipinski definition) is 0. The van der Waals surface area contributed by atoms with Crippen LogP contribution < -0.4 is 4.90 Å². The highest BCUT2D eigenvalue weighted by atomic mass is 19.2. The maximum Gasteiger partial charge on any atom is 0.183 e. The van der Waals surface area contributed by atoms with Crippen molar-refractivity contribution in [3.05, 3.63) is 48.2 Å². The highest BCUT2D eigenvalue weighted by Crippen LogP contribution is 2.29. The molecule has 0 unspecified atom stereocenters. The second kappa shape index (κ2) is 4.26. The molecule has 3 heteroatoms. The van der Waals surface area contributed by atoms with Crippen molar-refractivity contribution in [1.82, 2.24) is 0 Å². The first-order chi connectivity index (χ1) is 7.02. The van der Waals surface area contributed by atoms with Gasteiger partial charge in [0, 0.05) is 12.6 Å². The highest BCUT2D eigenvalue weighted by molar-refractivity contribution is 5.69. The number of anilines is 1. The summed E-state index contributed by atoms with van der Waals surface area (Å²) in [5.41, 5.74) is 0.973. The fraction of sp³-hybridized carbons (Fsp3) is 0.167. The lowest BCUT2D eigenvalue weighted by Crippen LogP contribution is -2.12. The molecule has 0 amide bonds. The van der Waals surface area contributed by atoms with Crippen LogP contribution in [0.5, 0.6) is 0 Å². The van der Waals surface area contributed by atoms with E-state index in [1.165, 1.54) is 24.1 Å². The molecule has 0 radical (unpaired) electrons. The Hall–Kier alpha value is -1.64. The molecular weight excluding hydrogens is 196 g/mol. The van der Waals surface area contributed by atoms with E-state index < -0.39 is 11.6 Å². The van der Waals surface area contributed by atoms with E-state index in [4.69, 9.17) is 0 Å². The third-order valence-electron chi connectivity index (χ3n) is 2.24. The normalized spacial score (nSPS) is 9.87. The first kappa shape index (κ1) is 11.4. The van der Waals surface area contributed by atoms with Crippen LogP contribution in [0.4, 0.5) is 14.5 Å². The SMILES string of the molecule is C=Cc1cc(C)c(F)c(F)c1N(C)C=C. The summed E-state index contributed by atoms with van der Waals surface area (Å²) in [7, 11) is 1.60. The molecule has 0 fully saturated rings. The van der Waals surface area contributed by atoms with Crippen molar-refractivity contribution < 1.29 is 8.78 Å². The molecule has 1 aromatic carbocycles. The number of hydrogen-bond acceptors (Lipinski definition) is 1. The number of aryl methyl sites for hydroxylation is 1. The molecule has 0 heterocycles. The number of rotatable bonds is 3. The first-order valence-electron chi connectivity index (χ1n) is 4.49. The maximum absolute atomic E-state index is 13.6. The van der Waals surface area contributed by atoms with E-state index in [2.05, 4.69) is 13.2 Å². The van der Waals surface area contributed by atoms with Crippen LogP contribution in [0.2, 0.25) is 0 Å². The number of benzene rings is 1. The molecule has 0 spiro atoms. The fourth-order valence-electron chi connectivity index (χ4n) is 1.37. The van der Waals surface area contributed by atoms with Gasteiger partial charge in [-0.25, -0.2) is 8.78 Å². The van der Waals surface area contributed by atoms with Crippen LogP contribution in [0.15, 0.2) is 25.4 Å². The summed E-state index contributed by atoms with van der Waals surface area (Å²) >= 11 is 0. The van der Waals surface area contributed by atoms with Crippen LogP contribution in [0.25, 0.3) is 6.08 Å². The summed E-state index contributed by atoms with van der Waals surface area (Å²) in [6, 6.07) is 1.56. The van der Waals surface area contributed by atoms with Gasteiger partial charge in [-0.2, -0.15) is 0 Å². The molecule has 0 bridgehead atoms. The molecule has 0 N–H and O–H groups in total. The molecule has 0 aliphatic carbocycles. The molecule has 0 saturated carbocycles. The summed E-state index contributed by atoms with van der Waals surface area (Å²) in [4.78, 5) is 1.43. The van der Waals surface area contributed by atoms with Crippen molar-refractivity contribution in [2.75, 3.05) is 11.9 Å². The summed E-state index contributed by atoms with van der Waals surface area (Å²) in [5, 5.41) is 0. The average molecular weight is 209 g/mol. The van der Waals surface area contributed by atoms with E-state index in [1.807, 2.05) is 0 Å². The zero-order valence-electron chi connectivity index (χ0n) is 8.85. The van der Waals surface area contributed by atoms with E-state index in [9.17, 15) is 8.78 Å². The van der Waals surface area contributed by atoms with Gasteiger partial charge in [-0.05, 0) is 24.8 Å². The topological polar surface area (TPSA) is 3.24 Å². The average Bonchev–Trinajstić information content (AvgIpc) is 2.24. The lowest BCUT2D eigenvalue weighted by molar-refractivity contribution is 0.503. The molecule has 1 aromatic rings. The van der Waals surface area contributed by atoms with Crippen LogP contribution >= 0.6 is 0 Å². The monoisotopic (exact) mass is 209 g/mol. The van der Waals surface area contributed by atoms with Gasteiger partial charge in [0.05, 0.1) is 5.69 Å². The van der Waals surface area contributed by atoms with Gasteiger partial charge in [0.1, 0.15) is 0 Å². The van der Waals surface area contributed by atoms with Crippen LogP contribution in [-0.2, 0) is 0 Å². The molecular formula is C12H13F2N.